The Morgan fingerprint density at radius 3 is 2.17 bits per heavy atom. The van der Waals surface area contributed by atoms with E-state index in [1.807, 2.05) is 6.92 Å². The van der Waals surface area contributed by atoms with Crippen molar-refractivity contribution >= 4 is 48.8 Å². The van der Waals surface area contributed by atoms with E-state index in [9.17, 15) is 29.6 Å². The molecule has 0 heterocycles. The van der Waals surface area contributed by atoms with Gasteiger partial charge >= 0.3 is 19.4 Å². The van der Waals surface area contributed by atoms with Crippen LogP contribution < -0.4 is 0 Å². The lowest BCUT2D eigenvalue weighted by molar-refractivity contribution is -0.174. The van der Waals surface area contributed by atoms with E-state index < -0.39 is 26.2 Å². The summed E-state index contributed by atoms with van der Waals surface area (Å²) in [5.41, 5.74) is 0.280. The maximum Gasteiger partial charge on any atom is 0.326 e. The van der Waals surface area contributed by atoms with Gasteiger partial charge in [-0.2, -0.15) is 0 Å². The van der Waals surface area contributed by atoms with Crippen molar-refractivity contribution in [3.05, 3.63) is 0 Å². The van der Waals surface area contributed by atoms with Crippen molar-refractivity contribution in [1.29, 1.82) is 0 Å². The number of hydrogen-bond acceptors (Lipinski definition) is 11. The summed E-state index contributed by atoms with van der Waals surface area (Å²) in [6.07, 6.45) is 8.33. The van der Waals surface area contributed by atoms with Crippen LogP contribution in [0.4, 0.5) is 0 Å². The van der Waals surface area contributed by atoms with Gasteiger partial charge < -0.3 is 33.8 Å². The predicted octanol–water partition coefficient (Wildman–Crippen LogP) is 5.76. The van der Waals surface area contributed by atoms with Crippen molar-refractivity contribution in [2.45, 2.75) is 117 Å². The molecule has 0 bridgehead atoms. The Labute approximate surface area is 290 Å². The summed E-state index contributed by atoms with van der Waals surface area (Å²) in [6.45, 7) is 0.898. The Morgan fingerprint density at radius 2 is 1.49 bits per heavy atom. The van der Waals surface area contributed by atoms with Crippen LogP contribution in [0, 0.1) is 46.3 Å². The standard InChI is InChI=1S/C32H56O11P2S2/c1-5-14-40-44(37,46)42-20-43-45(38,47)41-16-11-29(36)39-15-10-24(34)17-21(2)25-6-7-26-30-27(9-13-32(25,26)4)31(3)12-8-23(33)18-22(31)19-28(30)35/h21-23,25-28,30,33,35H,5-20H2,1-4H3,(H,37,46)(H,38,47)/t21-,22?,23-,25?,26?,27?,28?,30?,31+,32-,44?,45?/m1/s1. The summed E-state index contributed by atoms with van der Waals surface area (Å²) in [5, 5.41) is 21.8. The third-order valence-electron chi connectivity index (χ3n) is 12.1. The van der Waals surface area contributed by atoms with Gasteiger partial charge in [0.15, 0.2) is 6.79 Å². The molecule has 0 aromatic rings. The first-order valence-electron chi connectivity index (χ1n) is 17.3. The van der Waals surface area contributed by atoms with Crippen LogP contribution in [0.2, 0.25) is 0 Å². The van der Waals surface area contributed by atoms with E-state index in [1.54, 1.807) is 0 Å². The normalized spacial score (nSPS) is 38.3. The van der Waals surface area contributed by atoms with Crippen LogP contribution in [-0.2, 0) is 56.0 Å². The van der Waals surface area contributed by atoms with E-state index in [-0.39, 0.29) is 67.4 Å². The van der Waals surface area contributed by atoms with E-state index >= 15 is 0 Å². The minimum absolute atomic E-state index is 0.0319. The maximum atomic E-state index is 13.0. The molecular formula is C32H56O11P2S2. The Morgan fingerprint density at radius 1 is 0.851 bits per heavy atom. The molecule has 272 valence electrons. The number of ketones is 1. The predicted molar refractivity (Wildman–Crippen MR) is 184 cm³/mol. The minimum Gasteiger partial charge on any atom is -0.465 e. The number of carbonyl (C=O) groups is 2. The van der Waals surface area contributed by atoms with E-state index in [0.29, 0.717) is 42.4 Å². The molecule has 4 fully saturated rings. The lowest BCUT2D eigenvalue weighted by Crippen LogP contribution is -2.58. The second-order valence-electron chi connectivity index (χ2n) is 14.9. The van der Waals surface area contributed by atoms with Gasteiger partial charge in [0, 0.05) is 12.8 Å². The molecule has 0 aromatic carbocycles. The Hall–Kier alpha value is 0.120. The van der Waals surface area contributed by atoms with Crippen molar-refractivity contribution in [3.8, 4) is 0 Å². The monoisotopic (exact) mass is 742 g/mol. The van der Waals surface area contributed by atoms with E-state index in [1.165, 1.54) is 0 Å². The molecule has 12 atom stereocenters. The largest absolute Gasteiger partial charge is 0.465 e. The number of hydrogen-bond donors (Lipinski definition) is 4. The number of ether oxygens (including phenoxy) is 1. The summed E-state index contributed by atoms with van der Waals surface area (Å²) in [6, 6.07) is 0. The summed E-state index contributed by atoms with van der Waals surface area (Å²) in [7, 11) is 0. The topological polar surface area (TPSA) is 161 Å². The molecule has 0 amide bonds. The molecule has 47 heavy (non-hydrogen) atoms. The highest BCUT2D eigenvalue weighted by Crippen LogP contribution is 2.68. The van der Waals surface area contributed by atoms with E-state index in [2.05, 4.69) is 20.8 Å². The molecule has 0 spiro atoms. The van der Waals surface area contributed by atoms with E-state index in [4.69, 9.17) is 46.4 Å². The highest BCUT2D eigenvalue weighted by molar-refractivity contribution is 8.07. The Kier molecular flexibility index (Phi) is 14.1. The third-order valence-corrected chi connectivity index (χ3v) is 15.2. The number of Topliss-reactive ketones (excluding diaryl/α,β-unsaturated/α-hetero) is 1. The maximum absolute atomic E-state index is 13.0. The fraction of sp³-hybridized carbons (Fsp3) is 0.938. The van der Waals surface area contributed by atoms with Crippen LogP contribution in [0.1, 0.15) is 105 Å². The van der Waals surface area contributed by atoms with Gasteiger partial charge in [0.05, 0.1) is 38.4 Å². The lowest BCUT2D eigenvalue weighted by atomic mass is 9.43. The number of carbonyl (C=O) groups excluding carboxylic acids is 2. The molecule has 15 heteroatoms. The minimum atomic E-state index is -3.74. The van der Waals surface area contributed by atoms with Crippen molar-refractivity contribution in [3.63, 3.8) is 0 Å². The fourth-order valence-electron chi connectivity index (χ4n) is 9.81. The van der Waals surface area contributed by atoms with Gasteiger partial charge in [-0.1, -0.05) is 27.7 Å². The molecule has 4 aliphatic rings. The van der Waals surface area contributed by atoms with Crippen LogP contribution in [0.25, 0.3) is 0 Å². The first-order chi connectivity index (χ1) is 22.0. The fourth-order valence-corrected chi connectivity index (χ4v) is 11.9. The van der Waals surface area contributed by atoms with Crippen molar-refractivity contribution in [2.24, 2.45) is 46.3 Å². The Balaban J connectivity index is 1.17. The first-order valence-corrected chi connectivity index (χ1v) is 22.5. The number of esters is 1. The summed E-state index contributed by atoms with van der Waals surface area (Å²) in [4.78, 5) is 45.1. The highest BCUT2D eigenvalue weighted by atomic mass is 32.5. The Bertz CT molecular complexity index is 1190. The average Bonchev–Trinajstić information content (AvgIpc) is 3.34. The smallest absolute Gasteiger partial charge is 0.326 e. The van der Waals surface area contributed by atoms with Gasteiger partial charge in [0.2, 0.25) is 0 Å². The second kappa shape index (κ2) is 16.6. The van der Waals surface area contributed by atoms with Gasteiger partial charge in [0.1, 0.15) is 5.78 Å². The molecule has 0 radical (unpaired) electrons. The summed E-state index contributed by atoms with van der Waals surface area (Å²) >= 11 is 9.67. The second-order valence-corrected chi connectivity index (χ2v) is 20.5. The van der Waals surface area contributed by atoms with Gasteiger partial charge in [-0.25, -0.2) is 0 Å². The van der Waals surface area contributed by atoms with Crippen LogP contribution in [0.3, 0.4) is 0 Å². The lowest BCUT2D eigenvalue weighted by Gasteiger charge is -2.62. The molecule has 4 rings (SSSR count). The molecule has 4 saturated carbocycles. The quantitative estimate of drug-likeness (QED) is 0.0810. The van der Waals surface area contributed by atoms with Gasteiger partial charge in [-0.15, -0.1) is 0 Å². The molecule has 0 aromatic heterocycles. The highest BCUT2D eigenvalue weighted by Gasteiger charge is 2.62. The number of fused-ring (bicyclic) bond motifs is 5. The molecule has 4 aliphatic carbocycles. The van der Waals surface area contributed by atoms with Crippen LogP contribution in [0.5, 0.6) is 0 Å². The molecular weight excluding hydrogens is 686 g/mol. The van der Waals surface area contributed by atoms with Crippen LogP contribution in [0.15, 0.2) is 0 Å². The molecule has 8 unspecified atom stereocenters. The number of aliphatic hydroxyl groups excluding tert-OH is 2. The van der Waals surface area contributed by atoms with Crippen LogP contribution >= 0.6 is 13.4 Å². The zero-order valence-electron chi connectivity index (χ0n) is 28.3. The zero-order chi connectivity index (χ0) is 34.6. The van der Waals surface area contributed by atoms with Crippen molar-refractivity contribution in [1.82, 2.24) is 0 Å². The summed E-state index contributed by atoms with van der Waals surface area (Å²) in [5.74, 6) is 1.69. The number of rotatable bonds is 17. The van der Waals surface area contributed by atoms with Crippen molar-refractivity contribution < 1.29 is 52.4 Å². The summed E-state index contributed by atoms with van der Waals surface area (Å²) < 4.78 is 25.2. The van der Waals surface area contributed by atoms with E-state index in [0.717, 1.165) is 51.4 Å². The van der Waals surface area contributed by atoms with Gasteiger partial charge in [-0.3, -0.25) is 18.6 Å². The molecule has 11 nitrogen and oxygen atoms in total. The molecule has 4 N–H and O–H groups in total. The average molecular weight is 743 g/mol. The third kappa shape index (κ3) is 9.92. The van der Waals surface area contributed by atoms with Crippen molar-refractivity contribution in [2.75, 3.05) is 26.6 Å². The van der Waals surface area contributed by atoms with Gasteiger partial charge in [0.25, 0.3) is 0 Å². The van der Waals surface area contributed by atoms with Crippen LogP contribution in [-0.4, -0.2) is 70.6 Å². The first kappa shape index (κ1) is 39.9. The SMILES string of the molecule is CCCOP(O)(=S)OCOP(O)(=S)OCCC(=O)OCCC(=O)C[C@@H](C)C1CCC2C3C(O)CC4C[C@H](O)CC[C@]4(C)C3CC[C@@]21C. The number of aliphatic hydroxyl groups is 2. The molecule has 0 saturated heterocycles. The van der Waals surface area contributed by atoms with Gasteiger partial charge in [-0.05, 0) is 128 Å². The molecule has 0 aliphatic heterocycles. The zero-order valence-corrected chi connectivity index (χ0v) is 31.7.